The molecule has 0 unspecified atom stereocenters. The zero-order valence-corrected chi connectivity index (χ0v) is 11.0. The molecule has 0 amide bonds. The van der Waals surface area contributed by atoms with Gasteiger partial charge in [0.15, 0.2) is 5.13 Å². The summed E-state index contributed by atoms with van der Waals surface area (Å²) >= 11 is 6.91. The Balaban J connectivity index is 1.94. The van der Waals surface area contributed by atoms with Crippen LogP contribution in [0.15, 0.2) is 36.4 Å². The summed E-state index contributed by atoms with van der Waals surface area (Å²) in [4.78, 5) is 4.29. The Morgan fingerprint density at radius 1 is 1.11 bits per heavy atom. The first-order valence-corrected chi connectivity index (χ1v) is 6.59. The minimum absolute atomic E-state index is 0.0666. The molecule has 2 nitrogen and oxygen atoms in total. The van der Waals surface area contributed by atoms with Gasteiger partial charge in [-0.15, -0.1) is 0 Å². The highest BCUT2D eigenvalue weighted by atomic mass is 35.5. The Bertz CT molecular complexity index is 757. The van der Waals surface area contributed by atoms with Gasteiger partial charge in [0, 0.05) is 5.69 Å². The van der Waals surface area contributed by atoms with E-state index in [9.17, 15) is 8.78 Å². The molecule has 3 aromatic rings. The van der Waals surface area contributed by atoms with Crippen LogP contribution in [0.1, 0.15) is 0 Å². The number of aromatic nitrogens is 1. The fourth-order valence-corrected chi connectivity index (χ4v) is 2.68. The van der Waals surface area contributed by atoms with Gasteiger partial charge in [-0.1, -0.05) is 22.9 Å². The molecule has 0 radical (unpaired) electrons. The number of nitrogens with zero attached hydrogens (tertiary/aromatic N) is 1. The van der Waals surface area contributed by atoms with Crippen LogP contribution in [0.2, 0.25) is 5.02 Å². The molecule has 19 heavy (non-hydrogen) atoms. The molecule has 3 rings (SSSR count). The van der Waals surface area contributed by atoms with Crippen LogP contribution in [0.3, 0.4) is 0 Å². The third-order valence-electron chi connectivity index (χ3n) is 2.52. The molecule has 1 aromatic heterocycles. The molecule has 1 heterocycles. The summed E-state index contributed by atoms with van der Waals surface area (Å²) in [6, 6.07) is 8.78. The first-order chi connectivity index (χ1) is 9.11. The second-order valence-corrected chi connectivity index (χ2v) is 5.32. The van der Waals surface area contributed by atoms with Crippen molar-refractivity contribution in [2.75, 3.05) is 5.32 Å². The van der Waals surface area contributed by atoms with Crippen molar-refractivity contribution in [2.45, 2.75) is 0 Å². The molecule has 0 atom stereocenters. The van der Waals surface area contributed by atoms with Crippen LogP contribution in [0, 0.1) is 11.6 Å². The summed E-state index contributed by atoms with van der Waals surface area (Å²) in [5, 5.41) is 3.61. The van der Waals surface area contributed by atoms with Crippen LogP contribution in [0.4, 0.5) is 19.6 Å². The summed E-state index contributed by atoms with van der Waals surface area (Å²) in [6.07, 6.45) is 0. The van der Waals surface area contributed by atoms with Crippen LogP contribution in [0.25, 0.3) is 10.2 Å². The molecule has 0 saturated heterocycles. The average Bonchev–Trinajstić information content (AvgIpc) is 2.75. The van der Waals surface area contributed by atoms with Gasteiger partial charge in [-0.2, -0.15) is 0 Å². The van der Waals surface area contributed by atoms with Gasteiger partial charge < -0.3 is 5.32 Å². The van der Waals surface area contributed by atoms with Crippen molar-refractivity contribution in [3.63, 3.8) is 0 Å². The number of nitrogens with one attached hydrogen (secondary N) is 1. The zero-order valence-electron chi connectivity index (χ0n) is 9.45. The predicted molar refractivity (Wildman–Crippen MR) is 74.3 cm³/mol. The van der Waals surface area contributed by atoms with Gasteiger partial charge in [-0.25, -0.2) is 13.8 Å². The van der Waals surface area contributed by atoms with E-state index in [0.29, 0.717) is 16.3 Å². The summed E-state index contributed by atoms with van der Waals surface area (Å²) in [7, 11) is 0. The lowest BCUT2D eigenvalue weighted by Crippen LogP contribution is -1.90. The van der Waals surface area contributed by atoms with Gasteiger partial charge in [0.1, 0.15) is 11.6 Å². The van der Waals surface area contributed by atoms with E-state index in [2.05, 4.69) is 10.3 Å². The van der Waals surface area contributed by atoms with E-state index in [1.54, 1.807) is 12.1 Å². The van der Waals surface area contributed by atoms with E-state index in [1.165, 1.54) is 35.6 Å². The molecule has 0 saturated carbocycles. The van der Waals surface area contributed by atoms with Crippen molar-refractivity contribution in [3.05, 3.63) is 53.1 Å². The molecular formula is C13H7ClF2N2S. The maximum Gasteiger partial charge on any atom is 0.188 e. The smallest absolute Gasteiger partial charge is 0.188 e. The van der Waals surface area contributed by atoms with Crippen LogP contribution in [0.5, 0.6) is 0 Å². The summed E-state index contributed by atoms with van der Waals surface area (Å²) < 4.78 is 27.1. The molecule has 2 aromatic carbocycles. The molecule has 0 bridgehead atoms. The van der Waals surface area contributed by atoms with Crippen LogP contribution in [-0.4, -0.2) is 4.98 Å². The zero-order chi connectivity index (χ0) is 13.4. The Kier molecular flexibility index (Phi) is 3.08. The van der Waals surface area contributed by atoms with Gasteiger partial charge in [-0.05, 0) is 36.4 Å². The maximum atomic E-state index is 13.3. The van der Waals surface area contributed by atoms with Gasteiger partial charge >= 0.3 is 0 Å². The lowest BCUT2D eigenvalue weighted by atomic mass is 10.3. The van der Waals surface area contributed by atoms with Gasteiger partial charge in [-0.3, -0.25) is 0 Å². The van der Waals surface area contributed by atoms with Crippen molar-refractivity contribution in [1.82, 2.24) is 4.98 Å². The number of fused-ring (bicyclic) bond motifs is 1. The van der Waals surface area contributed by atoms with Crippen molar-refractivity contribution in [2.24, 2.45) is 0 Å². The van der Waals surface area contributed by atoms with E-state index in [4.69, 9.17) is 11.6 Å². The Morgan fingerprint density at radius 2 is 1.95 bits per heavy atom. The van der Waals surface area contributed by atoms with Gasteiger partial charge in [0.2, 0.25) is 0 Å². The standard InChI is InChI=1S/C13H7ClF2N2S/c14-9-3-2-8(6-10(9)16)17-13-18-11-4-1-7(15)5-12(11)19-13/h1-6H,(H,17,18). The number of halogens is 3. The van der Waals surface area contributed by atoms with Crippen molar-refractivity contribution < 1.29 is 8.78 Å². The first kappa shape index (κ1) is 12.3. The van der Waals surface area contributed by atoms with E-state index in [0.717, 1.165) is 4.70 Å². The highest BCUT2D eigenvalue weighted by molar-refractivity contribution is 7.22. The molecule has 0 spiro atoms. The quantitative estimate of drug-likeness (QED) is 0.722. The van der Waals surface area contributed by atoms with Crippen molar-refractivity contribution in [1.29, 1.82) is 0 Å². The van der Waals surface area contributed by atoms with Crippen molar-refractivity contribution in [3.8, 4) is 0 Å². The Labute approximate surface area is 116 Å². The minimum Gasteiger partial charge on any atom is -0.331 e. The van der Waals surface area contributed by atoms with Crippen molar-refractivity contribution >= 4 is 44.0 Å². The molecular weight excluding hydrogens is 290 g/mol. The lowest BCUT2D eigenvalue weighted by Gasteiger charge is -2.02. The fraction of sp³-hybridized carbons (Fsp3) is 0. The van der Waals surface area contributed by atoms with E-state index < -0.39 is 5.82 Å². The van der Waals surface area contributed by atoms with E-state index in [1.807, 2.05) is 0 Å². The Hall–Kier alpha value is -1.72. The first-order valence-electron chi connectivity index (χ1n) is 5.40. The van der Waals surface area contributed by atoms with Crippen LogP contribution < -0.4 is 5.32 Å². The topological polar surface area (TPSA) is 24.9 Å². The molecule has 0 fully saturated rings. The monoisotopic (exact) mass is 296 g/mol. The van der Waals surface area contributed by atoms with Crippen LogP contribution >= 0.6 is 22.9 Å². The number of benzene rings is 2. The number of thiazole rings is 1. The van der Waals surface area contributed by atoms with E-state index >= 15 is 0 Å². The third kappa shape index (κ3) is 2.52. The largest absolute Gasteiger partial charge is 0.331 e. The second kappa shape index (κ2) is 4.75. The summed E-state index contributed by atoms with van der Waals surface area (Å²) in [5.41, 5.74) is 1.24. The highest BCUT2D eigenvalue weighted by Gasteiger charge is 2.06. The van der Waals surface area contributed by atoms with Crippen LogP contribution in [-0.2, 0) is 0 Å². The number of rotatable bonds is 2. The van der Waals surface area contributed by atoms with Gasteiger partial charge in [0.25, 0.3) is 0 Å². The summed E-state index contributed by atoms with van der Waals surface area (Å²) in [6.45, 7) is 0. The molecule has 96 valence electrons. The molecule has 1 N–H and O–H groups in total. The molecule has 0 aliphatic heterocycles. The lowest BCUT2D eigenvalue weighted by molar-refractivity contribution is 0.628. The Morgan fingerprint density at radius 3 is 2.74 bits per heavy atom. The predicted octanol–water partition coefficient (Wildman–Crippen LogP) is 4.97. The molecule has 0 aliphatic rings. The molecule has 6 heteroatoms. The number of hydrogen-bond donors (Lipinski definition) is 1. The minimum atomic E-state index is -0.501. The number of anilines is 2. The summed E-state index contributed by atoms with van der Waals surface area (Å²) in [5.74, 6) is -0.806. The number of hydrogen-bond acceptors (Lipinski definition) is 3. The third-order valence-corrected chi connectivity index (χ3v) is 3.76. The maximum absolute atomic E-state index is 13.3. The fourth-order valence-electron chi connectivity index (χ4n) is 1.65. The van der Waals surface area contributed by atoms with E-state index in [-0.39, 0.29) is 10.8 Å². The second-order valence-electron chi connectivity index (χ2n) is 3.88. The SMILES string of the molecule is Fc1ccc2nc(Nc3ccc(Cl)c(F)c3)sc2c1. The average molecular weight is 297 g/mol. The highest BCUT2D eigenvalue weighted by Crippen LogP contribution is 2.29. The normalized spacial score (nSPS) is 10.9. The van der Waals surface area contributed by atoms with Gasteiger partial charge in [0.05, 0.1) is 15.2 Å². The molecule has 0 aliphatic carbocycles.